The van der Waals surface area contributed by atoms with Gasteiger partial charge in [0.05, 0.1) is 17.7 Å². The zero-order valence-corrected chi connectivity index (χ0v) is 28.3. The van der Waals surface area contributed by atoms with Gasteiger partial charge in [0.15, 0.2) is 11.5 Å². The van der Waals surface area contributed by atoms with Gasteiger partial charge in [0.25, 0.3) is 6.47 Å². The SMILES string of the molecule is COc1ccc(C(=O)O)cc1COc1cc(OCc2cccc(-c3ccc4c(c3)OCCO4)c2C)c(Cl)cc1CN1CCCCC1.O=CO. The van der Waals surface area contributed by atoms with Crippen LogP contribution in [0.1, 0.15) is 51.9 Å². The quantitative estimate of drug-likeness (QED) is 0.152. The lowest BCUT2D eigenvalue weighted by atomic mass is 9.96. The van der Waals surface area contributed by atoms with Crippen molar-refractivity contribution < 1.29 is 43.5 Å². The van der Waals surface area contributed by atoms with Gasteiger partial charge in [-0.2, -0.15) is 0 Å². The molecule has 0 bridgehead atoms. The molecule has 6 rings (SSSR count). The Bertz CT molecular complexity index is 1770. The number of rotatable bonds is 11. The predicted octanol–water partition coefficient (Wildman–Crippen LogP) is 7.64. The second kappa shape index (κ2) is 16.9. The summed E-state index contributed by atoms with van der Waals surface area (Å²) < 4.78 is 29.7. The maximum atomic E-state index is 11.6. The zero-order chi connectivity index (χ0) is 34.8. The smallest absolute Gasteiger partial charge is 0.335 e. The van der Waals surface area contributed by atoms with Gasteiger partial charge < -0.3 is 33.9 Å². The van der Waals surface area contributed by atoms with Gasteiger partial charge in [-0.1, -0.05) is 42.3 Å². The molecule has 2 aliphatic rings. The largest absolute Gasteiger partial charge is 0.496 e. The molecule has 0 spiro atoms. The van der Waals surface area contributed by atoms with Crippen molar-refractivity contribution in [3.05, 3.63) is 99.6 Å². The lowest BCUT2D eigenvalue weighted by Gasteiger charge is -2.27. The summed E-state index contributed by atoms with van der Waals surface area (Å²) in [6.45, 7) is 6.08. The fourth-order valence-corrected chi connectivity index (χ4v) is 6.24. The third-order valence-corrected chi connectivity index (χ3v) is 8.85. The number of carbonyl (C=O) groups is 2. The van der Waals surface area contributed by atoms with Gasteiger partial charge in [0.1, 0.15) is 43.7 Å². The molecule has 4 aromatic rings. The fraction of sp³-hybridized carbons (Fsp3) is 0.316. The van der Waals surface area contributed by atoms with Gasteiger partial charge in [-0.25, -0.2) is 4.79 Å². The lowest BCUT2D eigenvalue weighted by Crippen LogP contribution is -2.29. The molecule has 0 aromatic heterocycles. The van der Waals surface area contributed by atoms with E-state index in [0.717, 1.165) is 65.2 Å². The fourth-order valence-electron chi connectivity index (χ4n) is 6.00. The monoisotopic (exact) mass is 689 g/mol. The molecule has 2 heterocycles. The number of nitrogens with zero attached hydrogens (tertiary/aromatic N) is 1. The third-order valence-electron chi connectivity index (χ3n) is 8.55. The Hall–Kier alpha value is -4.93. The van der Waals surface area contributed by atoms with Crippen molar-refractivity contribution in [1.82, 2.24) is 4.90 Å². The average molecular weight is 690 g/mol. The van der Waals surface area contributed by atoms with Crippen LogP contribution in [0.5, 0.6) is 28.7 Å². The number of hydrogen-bond donors (Lipinski definition) is 2. The summed E-state index contributed by atoms with van der Waals surface area (Å²) in [6.07, 6.45) is 3.56. The van der Waals surface area contributed by atoms with Crippen molar-refractivity contribution in [3.8, 4) is 39.9 Å². The van der Waals surface area contributed by atoms with Crippen LogP contribution in [0, 0.1) is 6.92 Å². The molecule has 0 atom stereocenters. The van der Waals surface area contributed by atoms with E-state index in [9.17, 15) is 9.90 Å². The van der Waals surface area contributed by atoms with Gasteiger partial charge in [0, 0.05) is 23.7 Å². The topological polar surface area (TPSA) is 124 Å². The van der Waals surface area contributed by atoms with Crippen LogP contribution in [0.4, 0.5) is 0 Å². The Balaban J connectivity index is 0.00000151. The van der Waals surface area contributed by atoms with Gasteiger partial charge in [0.2, 0.25) is 0 Å². The van der Waals surface area contributed by atoms with Crippen LogP contribution in [0.25, 0.3) is 11.1 Å². The first-order chi connectivity index (χ1) is 23.8. The summed E-state index contributed by atoms with van der Waals surface area (Å²) in [5.74, 6) is 2.20. The van der Waals surface area contributed by atoms with Crippen LogP contribution in [-0.4, -0.2) is 61.0 Å². The van der Waals surface area contributed by atoms with Crippen molar-refractivity contribution >= 4 is 24.0 Å². The van der Waals surface area contributed by atoms with Crippen molar-refractivity contribution in [1.29, 1.82) is 0 Å². The number of methoxy groups -OCH3 is 1. The standard InChI is InChI=1S/C37H38ClNO7.CH2O2/c1-24-27(7-6-8-30(24)25-9-12-33-36(19-25)44-16-15-43-33)22-46-35-20-34(28(18-31(35)38)21-39-13-4-3-5-14-39)45-23-29-17-26(37(40)41)10-11-32(29)42-2;2-1-3/h6-12,17-20H,3-5,13-16,21-23H2,1-2H3,(H,40,41);1H,(H,2,3). The molecule has 1 fully saturated rings. The molecular weight excluding hydrogens is 650 g/mol. The highest BCUT2D eigenvalue weighted by molar-refractivity contribution is 6.32. The predicted molar refractivity (Wildman–Crippen MR) is 185 cm³/mol. The van der Waals surface area contributed by atoms with Crippen molar-refractivity contribution in [2.75, 3.05) is 33.4 Å². The molecule has 2 N–H and O–H groups in total. The number of halogens is 1. The second-order valence-corrected chi connectivity index (χ2v) is 12.1. The maximum absolute atomic E-state index is 11.6. The highest BCUT2D eigenvalue weighted by atomic mass is 35.5. The van der Waals surface area contributed by atoms with Crippen LogP contribution in [0.3, 0.4) is 0 Å². The van der Waals surface area contributed by atoms with Crippen LogP contribution >= 0.6 is 11.6 Å². The van der Waals surface area contributed by atoms with Gasteiger partial charge in [-0.05, 0) is 91.5 Å². The molecule has 4 aromatic carbocycles. The summed E-state index contributed by atoms with van der Waals surface area (Å²) in [6, 6.07) is 20.7. The number of aromatic carboxylic acids is 1. The summed E-state index contributed by atoms with van der Waals surface area (Å²) in [5.41, 5.74) is 6.00. The zero-order valence-electron chi connectivity index (χ0n) is 27.6. The van der Waals surface area contributed by atoms with E-state index in [0.29, 0.717) is 54.2 Å². The highest BCUT2D eigenvalue weighted by Crippen LogP contribution is 2.38. The normalized spacial score (nSPS) is 13.9. The maximum Gasteiger partial charge on any atom is 0.335 e. The molecule has 1 saturated heterocycles. The molecule has 0 saturated carbocycles. The molecule has 0 aliphatic carbocycles. The minimum absolute atomic E-state index is 0.120. The Labute approximate surface area is 290 Å². The number of likely N-dealkylation sites (tertiary alicyclic amines) is 1. The lowest BCUT2D eigenvalue weighted by molar-refractivity contribution is -0.122. The highest BCUT2D eigenvalue weighted by Gasteiger charge is 2.19. The molecule has 10 nitrogen and oxygen atoms in total. The van der Waals surface area contributed by atoms with Crippen LogP contribution in [0.2, 0.25) is 5.02 Å². The summed E-state index contributed by atoms with van der Waals surface area (Å²) in [4.78, 5) is 22.4. The molecule has 11 heteroatoms. The van der Waals surface area contributed by atoms with Crippen molar-refractivity contribution in [2.45, 2.75) is 45.9 Å². The second-order valence-electron chi connectivity index (χ2n) is 11.7. The van der Waals surface area contributed by atoms with Gasteiger partial charge in [-0.3, -0.25) is 9.69 Å². The van der Waals surface area contributed by atoms with E-state index in [-0.39, 0.29) is 18.6 Å². The molecule has 49 heavy (non-hydrogen) atoms. The number of ether oxygens (including phenoxy) is 5. The number of benzene rings is 4. The summed E-state index contributed by atoms with van der Waals surface area (Å²) >= 11 is 6.83. The molecular formula is C38H40ClNO9. The number of hydrogen-bond acceptors (Lipinski definition) is 8. The third kappa shape index (κ3) is 8.95. The van der Waals surface area contributed by atoms with E-state index in [1.165, 1.54) is 12.5 Å². The number of piperidine rings is 1. The van der Waals surface area contributed by atoms with Crippen molar-refractivity contribution in [3.63, 3.8) is 0 Å². The number of carboxylic acid groups (broad SMARTS) is 2. The van der Waals surface area contributed by atoms with E-state index in [4.69, 9.17) is 45.2 Å². The minimum Gasteiger partial charge on any atom is -0.496 e. The Morgan fingerprint density at radius 3 is 2.31 bits per heavy atom. The van der Waals surface area contributed by atoms with Gasteiger partial charge in [-0.15, -0.1) is 0 Å². The number of carboxylic acids is 1. The first-order valence-electron chi connectivity index (χ1n) is 16.1. The van der Waals surface area contributed by atoms with Crippen LogP contribution in [-0.2, 0) is 24.6 Å². The number of fused-ring (bicyclic) bond motifs is 1. The Kier molecular flexibility index (Phi) is 12.2. The van der Waals surface area contributed by atoms with Gasteiger partial charge >= 0.3 is 5.97 Å². The molecule has 0 amide bonds. The average Bonchev–Trinajstić information content (AvgIpc) is 3.11. The summed E-state index contributed by atoms with van der Waals surface area (Å²) in [7, 11) is 1.56. The van der Waals surface area contributed by atoms with Crippen LogP contribution in [0.15, 0.2) is 66.7 Å². The van der Waals surface area contributed by atoms with E-state index < -0.39 is 5.97 Å². The molecule has 0 unspecified atom stereocenters. The molecule has 0 radical (unpaired) electrons. The Morgan fingerprint density at radius 2 is 1.57 bits per heavy atom. The van der Waals surface area contributed by atoms with E-state index in [2.05, 4.69) is 24.0 Å². The van der Waals surface area contributed by atoms with Crippen molar-refractivity contribution in [2.24, 2.45) is 0 Å². The van der Waals surface area contributed by atoms with Crippen LogP contribution < -0.4 is 23.7 Å². The van der Waals surface area contributed by atoms with E-state index >= 15 is 0 Å². The minimum atomic E-state index is -1.01. The first-order valence-corrected chi connectivity index (χ1v) is 16.5. The molecule has 2 aliphatic heterocycles. The Morgan fingerprint density at radius 1 is 0.857 bits per heavy atom. The first kappa shape index (κ1) is 35.4. The van der Waals surface area contributed by atoms with E-state index in [1.54, 1.807) is 19.2 Å². The van der Waals surface area contributed by atoms with E-state index in [1.807, 2.05) is 36.4 Å². The molecule has 258 valence electrons. The summed E-state index contributed by atoms with van der Waals surface area (Å²) in [5, 5.41) is 16.9.